The van der Waals surface area contributed by atoms with Crippen molar-refractivity contribution in [2.75, 3.05) is 47.5 Å². The molecule has 0 saturated heterocycles. The largest absolute Gasteiger partial charge is 0.472 e. The molecule has 54 heavy (non-hydrogen) atoms. The standard InChI is InChI=1S/C44H74NO8P/c1-6-8-10-12-14-15-16-17-18-19-20-21-22-23-24-25-26-27-28-29-31-33-35-37-44(47)53-42(41-52-54(48,49)51-39-38-45(3,4)5)40-50-43(46)36-34-32-30-13-11-9-7-2/h8,10,14-15,17-18,20-21,23-24,26-27,29,31,42H,6-7,9,11-13,16,19,22,25,28,30,32-41H2,1-5H3/p+1/b10-8-,15-14-,18-17-,21-20-,24-23-,27-26-,31-29-. The number of phosphoric acid groups is 1. The fourth-order valence-electron chi connectivity index (χ4n) is 4.76. The second-order valence-electron chi connectivity index (χ2n) is 14.3. The van der Waals surface area contributed by atoms with Crippen LogP contribution in [0.5, 0.6) is 0 Å². The molecule has 0 radical (unpaired) electrons. The van der Waals surface area contributed by atoms with Crippen LogP contribution in [0.2, 0.25) is 0 Å². The van der Waals surface area contributed by atoms with E-state index >= 15 is 0 Å². The molecule has 9 nitrogen and oxygen atoms in total. The molecule has 308 valence electrons. The Morgan fingerprint density at radius 3 is 1.56 bits per heavy atom. The number of likely N-dealkylation sites (N-methyl/N-ethyl adjacent to an activating group) is 1. The first-order valence-electron chi connectivity index (χ1n) is 20.3. The van der Waals surface area contributed by atoms with Crippen molar-refractivity contribution >= 4 is 19.8 Å². The highest BCUT2D eigenvalue weighted by molar-refractivity contribution is 7.47. The lowest BCUT2D eigenvalue weighted by Gasteiger charge is -2.24. The molecule has 0 bridgehead atoms. The van der Waals surface area contributed by atoms with E-state index in [9.17, 15) is 19.0 Å². The highest BCUT2D eigenvalue weighted by atomic mass is 31.2. The van der Waals surface area contributed by atoms with E-state index < -0.39 is 32.5 Å². The van der Waals surface area contributed by atoms with E-state index in [1.807, 2.05) is 27.2 Å². The molecule has 0 aromatic heterocycles. The topological polar surface area (TPSA) is 108 Å². The second-order valence-corrected chi connectivity index (χ2v) is 15.7. The fourth-order valence-corrected chi connectivity index (χ4v) is 5.51. The number of unbranched alkanes of at least 4 members (excludes halogenated alkanes) is 7. The predicted octanol–water partition coefficient (Wildman–Crippen LogP) is 11.2. The third-order valence-electron chi connectivity index (χ3n) is 7.94. The van der Waals surface area contributed by atoms with Gasteiger partial charge in [0.15, 0.2) is 6.10 Å². The molecule has 0 aliphatic carbocycles. The Labute approximate surface area is 329 Å². The average Bonchev–Trinajstić information content (AvgIpc) is 3.12. The normalized spacial score (nSPS) is 14.6. The number of hydrogen-bond acceptors (Lipinski definition) is 7. The summed E-state index contributed by atoms with van der Waals surface area (Å²) in [5.74, 6) is -0.885. The molecule has 2 unspecified atom stereocenters. The van der Waals surface area contributed by atoms with Gasteiger partial charge in [0.05, 0.1) is 27.7 Å². The lowest BCUT2D eigenvalue weighted by molar-refractivity contribution is -0.870. The summed E-state index contributed by atoms with van der Waals surface area (Å²) in [5.41, 5.74) is 0. The van der Waals surface area contributed by atoms with Gasteiger partial charge in [0.2, 0.25) is 0 Å². The van der Waals surface area contributed by atoms with Gasteiger partial charge in [0.25, 0.3) is 0 Å². The molecule has 0 aliphatic heterocycles. The van der Waals surface area contributed by atoms with Crippen LogP contribution in [-0.2, 0) is 32.7 Å². The SMILES string of the molecule is CC/C=C\C/C=C\C/C=C\C/C=C\C/C=C\C/C=C\C/C=C\CCCC(=O)OC(COC(=O)CCCCCCCCC)COP(=O)(O)OCC[N+](C)(C)C. The molecule has 0 heterocycles. The minimum Gasteiger partial charge on any atom is -0.462 e. The summed E-state index contributed by atoms with van der Waals surface area (Å²) in [6, 6.07) is 0. The second kappa shape index (κ2) is 35.9. The molecule has 1 N–H and O–H groups in total. The van der Waals surface area contributed by atoms with E-state index in [1.165, 1.54) is 19.3 Å². The van der Waals surface area contributed by atoms with Gasteiger partial charge < -0.3 is 18.9 Å². The van der Waals surface area contributed by atoms with Crippen molar-refractivity contribution < 1.29 is 42.1 Å². The number of carbonyl (C=O) groups excluding carboxylic acids is 2. The van der Waals surface area contributed by atoms with Crippen LogP contribution in [0.1, 0.15) is 129 Å². The van der Waals surface area contributed by atoms with Gasteiger partial charge in [0, 0.05) is 12.8 Å². The molecular formula is C44H75NO8P+. The highest BCUT2D eigenvalue weighted by Crippen LogP contribution is 2.43. The van der Waals surface area contributed by atoms with Crippen LogP contribution < -0.4 is 0 Å². The lowest BCUT2D eigenvalue weighted by Crippen LogP contribution is -2.37. The van der Waals surface area contributed by atoms with Crippen LogP contribution in [0.25, 0.3) is 0 Å². The van der Waals surface area contributed by atoms with Gasteiger partial charge >= 0.3 is 19.8 Å². The number of ether oxygens (including phenoxy) is 2. The monoisotopic (exact) mass is 777 g/mol. The number of allylic oxidation sites excluding steroid dienone is 14. The van der Waals surface area contributed by atoms with Crippen LogP contribution in [0, 0.1) is 0 Å². The van der Waals surface area contributed by atoms with E-state index in [0.29, 0.717) is 23.9 Å². The van der Waals surface area contributed by atoms with Crippen molar-refractivity contribution in [3.05, 3.63) is 85.1 Å². The zero-order valence-corrected chi connectivity index (χ0v) is 35.3. The lowest BCUT2D eigenvalue weighted by atomic mass is 10.1. The summed E-state index contributed by atoms with van der Waals surface area (Å²) >= 11 is 0. The summed E-state index contributed by atoms with van der Waals surface area (Å²) < 4.78 is 34.0. The molecule has 0 fully saturated rings. The Bertz CT molecular complexity index is 1200. The van der Waals surface area contributed by atoms with Gasteiger partial charge in [-0.05, 0) is 64.2 Å². The van der Waals surface area contributed by atoms with Crippen molar-refractivity contribution in [2.45, 2.75) is 136 Å². The van der Waals surface area contributed by atoms with Crippen LogP contribution in [0.3, 0.4) is 0 Å². The number of phosphoric ester groups is 1. The third kappa shape index (κ3) is 38.9. The van der Waals surface area contributed by atoms with Crippen molar-refractivity contribution in [3.8, 4) is 0 Å². The van der Waals surface area contributed by atoms with Crippen LogP contribution >= 0.6 is 7.82 Å². The van der Waals surface area contributed by atoms with Gasteiger partial charge in [0.1, 0.15) is 19.8 Å². The third-order valence-corrected chi connectivity index (χ3v) is 8.92. The maximum absolute atomic E-state index is 12.6. The fraction of sp³-hybridized carbons (Fsp3) is 0.636. The maximum Gasteiger partial charge on any atom is 0.472 e. The number of rotatable bonds is 35. The molecule has 0 spiro atoms. The number of quaternary nitrogens is 1. The first-order chi connectivity index (χ1) is 26.0. The Morgan fingerprint density at radius 2 is 1.06 bits per heavy atom. The van der Waals surface area contributed by atoms with Gasteiger partial charge in [-0.15, -0.1) is 0 Å². The molecule has 0 aliphatic rings. The van der Waals surface area contributed by atoms with Crippen molar-refractivity contribution in [1.29, 1.82) is 0 Å². The molecule has 10 heteroatoms. The van der Waals surface area contributed by atoms with E-state index in [1.54, 1.807) is 0 Å². The van der Waals surface area contributed by atoms with Gasteiger partial charge in [-0.1, -0.05) is 137 Å². The number of nitrogens with zero attached hydrogens (tertiary/aromatic N) is 1. The Balaban J connectivity index is 4.44. The van der Waals surface area contributed by atoms with Gasteiger partial charge in [-0.3, -0.25) is 18.6 Å². The van der Waals surface area contributed by atoms with Crippen molar-refractivity contribution in [2.24, 2.45) is 0 Å². The highest BCUT2D eigenvalue weighted by Gasteiger charge is 2.27. The van der Waals surface area contributed by atoms with E-state index in [2.05, 4.69) is 92.8 Å². The van der Waals surface area contributed by atoms with Crippen LogP contribution in [0.4, 0.5) is 0 Å². The Hall–Kier alpha value is -2.81. The van der Waals surface area contributed by atoms with E-state index in [0.717, 1.165) is 70.6 Å². The van der Waals surface area contributed by atoms with Crippen LogP contribution in [0.15, 0.2) is 85.1 Å². The van der Waals surface area contributed by atoms with Gasteiger partial charge in [-0.25, -0.2) is 4.57 Å². The average molecular weight is 777 g/mol. The summed E-state index contributed by atoms with van der Waals surface area (Å²) in [6.07, 6.45) is 45.2. The molecule has 0 rings (SSSR count). The minimum absolute atomic E-state index is 0.0166. The summed E-state index contributed by atoms with van der Waals surface area (Å²) in [7, 11) is 1.42. The minimum atomic E-state index is -4.39. The zero-order chi connectivity index (χ0) is 40.0. The maximum atomic E-state index is 12.6. The van der Waals surface area contributed by atoms with Crippen molar-refractivity contribution in [1.82, 2.24) is 0 Å². The molecule has 2 atom stereocenters. The first kappa shape index (κ1) is 51.2. The van der Waals surface area contributed by atoms with Gasteiger partial charge in [-0.2, -0.15) is 0 Å². The molecule has 0 saturated carbocycles. The summed E-state index contributed by atoms with van der Waals surface area (Å²) in [4.78, 5) is 35.1. The summed E-state index contributed by atoms with van der Waals surface area (Å²) in [6.45, 7) is 4.15. The smallest absolute Gasteiger partial charge is 0.462 e. The number of hydrogen-bond donors (Lipinski definition) is 1. The predicted molar refractivity (Wildman–Crippen MR) is 224 cm³/mol. The van der Waals surface area contributed by atoms with Crippen molar-refractivity contribution in [3.63, 3.8) is 0 Å². The molecule has 0 aromatic rings. The zero-order valence-electron chi connectivity index (χ0n) is 34.4. The van der Waals surface area contributed by atoms with Crippen LogP contribution in [-0.4, -0.2) is 74.9 Å². The molecule has 0 amide bonds. The van der Waals surface area contributed by atoms with E-state index in [4.69, 9.17) is 18.5 Å². The summed E-state index contributed by atoms with van der Waals surface area (Å²) in [5, 5.41) is 0. The van der Waals surface area contributed by atoms with E-state index in [-0.39, 0.29) is 26.1 Å². The number of esters is 2. The molecular weight excluding hydrogens is 701 g/mol. The Morgan fingerprint density at radius 1 is 0.593 bits per heavy atom. The quantitative estimate of drug-likeness (QED) is 0.0223. The Kier molecular flexibility index (Phi) is 34.0. The number of carbonyl (C=O) groups is 2. The first-order valence-corrected chi connectivity index (χ1v) is 21.8. The molecule has 0 aromatic carbocycles.